The number of aliphatic hydroxyl groups is 1. The lowest BCUT2D eigenvalue weighted by Gasteiger charge is -2.39. The Labute approximate surface area is 197 Å². The smallest absolute Gasteiger partial charge is 0.406 e. The standard InChI is InChI=1S/C27H30F3NO3/c1-25(2)24-22(23(34-25)16-7-9-17(10-8-16)33-27(28,29)30)20(15-5-6-15)21-18(31-24)13-26(14-19(21)32)11-3-4-12-26/h7-10,15,19,23,32H,3-6,11-14H2,1-2H3/t19-,23+/m0/s1. The third kappa shape index (κ3) is 3.72. The van der Waals surface area contributed by atoms with Gasteiger partial charge in [-0.25, -0.2) is 0 Å². The van der Waals surface area contributed by atoms with Crippen LogP contribution in [0.25, 0.3) is 0 Å². The molecule has 34 heavy (non-hydrogen) atoms. The van der Waals surface area contributed by atoms with E-state index in [-0.39, 0.29) is 11.2 Å². The summed E-state index contributed by atoms with van der Waals surface area (Å²) in [6.07, 6.45) is 2.89. The van der Waals surface area contributed by atoms with Crippen LogP contribution < -0.4 is 4.74 Å². The molecule has 2 saturated carbocycles. The fraction of sp³-hybridized carbons (Fsp3) is 0.593. The van der Waals surface area contributed by atoms with Crippen LogP contribution in [0.15, 0.2) is 24.3 Å². The van der Waals surface area contributed by atoms with Crippen molar-refractivity contribution >= 4 is 0 Å². The van der Waals surface area contributed by atoms with Gasteiger partial charge in [0.2, 0.25) is 0 Å². The Balaban J connectivity index is 1.46. The van der Waals surface area contributed by atoms with Crippen LogP contribution >= 0.6 is 0 Å². The highest BCUT2D eigenvalue weighted by atomic mass is 19.4. The number of benzene rings is 1. The molecule has 1 N–H and O–H groups in total. The van der Waals surface area contributed by atoms with E-state index in [1.807, 2.05) is 13.8 Å². The molecule has 2 aromatic rings. The maximum absolute atomic E-state index is 12.6. The van der Waals surface area contributed by atoms with Gasteiger partial charge in [0.05, 0.1) is 11.8 Å². The fourth-order valence-corrected chi connectivity index (χ4v) is 6.66. The van der Waals surface area contributed by atoms with Crippen molar-refractivity contribution in [3.05, 3.63) is 57.9 Å². The highest BCUT2D eigenvalue weighted by molar-refractivity contribution is 5.54. The molecule has 0 saturated heterocycles. The van der Waals surface area contributed by atoms with Crippen LogP contribution in [0.2, 0.25) is 0 Å². The summed E-state index contributed by atoms with van der Waals surface area (Å²) in [6, 6.07) is 5.94. The van der Waals surface area contributed by atoms with Crippen molar-refractivity contribution in [1.29, 1.82) is 0 Å². The van der Waals surface area contributed by atoms with E-state index in [1.54, 1.807) is 12.1 Å². The summed E-state index contributed by atoms with van der Waals surface area (Å²) in [6.45, 7) is 4.02. The average Bonchev–Trinajstić information content (AvgIpc) is 3.44. The van der Waals surface area contributed by atoms with Crippen LogP contribution in [0.5, 0.6) is 5.75 Å². The number of fused-ring (bicyclic) bond motifs is 2. The first kappa shape index (κ1) is 22.4. The Bertz CT molecular complexity index is 1120. The topological polar surface area (TPSA) is 51.6 Å². The van der Waals surface area contributed by atoms with Gasteiger partial charge in [-0.1, -0.05) is 25.0 Å². The molecule has 1 aliphatic heterocycles. The normalized spacial score (nSPS) is 27.0. The van der Waals surface area contributed by atoms with Gasteiger partial charge in [-0.3, -0.25) is 4.98 Å². The molecule has 7 heteroatoms. The zero-order valence-corrected chi connectivity index (χ0v) is 19.5. The summed E-state index contributed by atoms with van der Waals surface area (Å²) in [4.78, 5) is 5.17. The minimum Gasteiger partial charge on any atom is -0.406 e. The van der Waals surface area contributed by atoms with Gasteiger partial charge < -0.3 is 14.6 Å². The molecule has 1 aromatic carbocycles. The number of pyridine rings is 1. The number of halogens is 3. The number of hydrogen-bond acceptors (Lipinski definition) is 4. The Morgan fingerprint density at radius 1 is 1.03 bits per heavy atom. The van der Waals surface area contributed by atoms with E-state index in [0.29, 0.717) is 5.92 Å². The maximum atomic E-state index is 12.6. The molecular formula is C27H30F3NO3. The monoisotopic (exact) mass is 473 g/mol. The quantitative estimate of drug-likeness (QED) is 0.536. The van der Waals surface area contributed by atoms with E-state index in [9.17, 15) is 18.3 Å². The molecule has 4 aliphatic rings. The fourth-order valence-electron chi connectivity index (χ4n) is 6.66. The molecule has 2 fully saturated rings. The SMILES string of the molecule is CC1(C)O[C@H](c2ccc(OC(F)(F)F)cc2)c2c1nc1c(c2C2CC2)[C@@H](O)CC2(CCCC2)C1. The minimum atomic E-state index is -4.73. The maximum Gasteiger partial charge on any atom is 0.573 e. The molecule has 3 aliphatic carbocycles. The minimum absolute atomic E-state index is 0.159. The summed E-state index contributed by atoms with van der Waals surface area (Å²) in [5.41, 5.74) is 5.44. The van der Waals surface area contributed by atoms with Crippen LogP contribution in [-0.4, -0.2) is 16.5 Å². The van der Waals surface area contributed by atoms with Crippen LogP contribution in [0.3, 0.4) is 0 Å². The van der Waals surface area contributed by atoms with Crippen LogP contribution in [0.1, 0.15) is 111 Å². The van der Waals surface area contributed by atoms with E-state index >= 15 is 0 Å². The number of nitrogens with zero attached hydrogens (tertiary/aromatic N) is 1. The Morgan fingerprint density at radius 2 is 1.71 bits per heavy atom. The second-order valence-corrected chi connectivity index (χ2v) is 11.2. The first-order valence-electron chi connectivity index (χ1n) is 12.3. The van der Waals surface area contributed by atoms with Gasteiger partial charge in [-0.05, 0) is 87.0 Å². The van der Waals surface area contributed by atoms with E-state index in [2.05, 4.69) is 4.74 Å². The molecule has 2 heterocycles. The van der Waals surface area contributed by atoms with Gasteiger partial charge in [-0.2, -0.15) is 0 Å². The van der Waals surface area contributed by atoms with Crippen molar-refractivity contribution in [2.24, 2.45) is 5.41 Å². The molecule has 1 aromatic heterocycles. The van der Waals surface area contributed by atoms with E-state index in [1.165, 1.54) is 30.5 Å². The number of aliphatic hydroxyl groups excluding tert-OH is 1. The highest BCUT2D eigenvalue weighted by Gasteiger charge is 2.50. The molecule has 0 unspecified atom stereocenters. The van der Waals surface area contributed by atoms with Crippen molar-refractivity contribution in [1.82, 2.24) is 4.98 Å². The van der Waals surface area contributed by atoms with Gasteiger partial charge in [0.15, 0.2) is 0 Å². The lowest BCUT2D eigenvalue weighted by atomic mass is 9.69. The summed E-state index contributed by atoms with van der Waals surface area (Å²) in [5.74, 6) is 0.127. The first-order chi connectivity index (χ1) is 16.1. The van der Waals surface area contributed by atoms with Crippen LogP contribution in [0.4, 0.5) is 13.2 Å². The molecule has 0 bridgehead atoms. The van der Waals surface area contributed by atoms with Crippen molar-refractivity contribution in [3.63, 3.8) is 0 Å². The third-order valence-corrected chi connectivity index (χ3v) is 8.21. The van der Waals surface area contributed by atoms with Crippen molar-refractivity contribution in [2.45, 2.75) is 95.3 Å². The number of aromatic nitrogens is 1. The second-order valence-electron chi connectivity index (χ2n) is 11.2. The molecule has 4 nitrogen and oxygen atoms in total. The number of rotatable bonds is 3. The Hall–Kier alpha value is -2.12. The number of hydrogen-bond donors (Lipinski definition) is 1. The molecule has 182 valence electrons. The zero-order chi connectivity index (χ0) is 23.9. The summed E-state index contributed by atoms with van der Waals surface area (Å²) in [7, 11) is 0. The third-order valence-electron chi connectivity index (χ3n) is 8.21. The summed E-state index contributed by atoms with van der Waals surface area (Å²) < 4.78 is 48.4. The van der Waals surface area contributed by atoms with E-state index in [0.717, 1.165) is 66.6 Å². The van der Waals surface area contributed by atoms with E-state index in [4.69, 9.17) is 9.72 Å². The summed E-state index contributed by atoms with van der Waals surface area (Å²) >= 11 is 0. The van der Waals surface area contributed by atoms with Crippen molar-refractivity contribution < 1.29 is 27.8 Å². The summed E-state index contributed by atoms with van der Waals surface area (Å²) in [5, 5.41) is 11.4. The molecular weight excluding hydrogens is 443 g/mol. The number of alkyl halides is 3. The van der Waals surface area contributed by atoms with Gasteiger partial charge in [0, 0.05) is 16.8 Å². The van der Waals surface area contributed by atoms with Crippen molar-refractivity contribution in [2.75, 3.05) is 0 Å². The van der Waals surface area contributed by atoms with Crippen LogP contribution in [0, 0.1) is 5.41 Å². The molecule has 1 spiro atoms. The van der Waals surface area contributed by atoms with Crippen molar-refractivity contribution in [3.8, 4) is 5.75 Å². The predicted octanol–water partition coefficient (Wildman–Crippen LogP) is 6.75. The average molecular weight is 474 g/mol. The van der Waals surface area contributed by atoms with Gasteiger partial charge >= 0.3 is 6.36 Å². The first-order valence-corrected chi connectivity index (χ1v) is 12.3. The van der Waals surface area contributed by atoms with Gasteiger partial charge in [0.25, 0.3) is 0 Å². The van der Waals surface area contributed by atoms with Crippen LogP contribution in [-0.2, 0) is 16.8 Å². The zero-order valence-electron chi connectivity index (χ0n) is 19.5. The lowest BCUT2D eigenvalue weighted by Crippen LogP contribution is -2.32. The molecule has 0 radical (unpaired) electrons. The number of ether oxygens (including phenoxy) is 2. The highest BCUT2D eigenvalue weighted by Crippen LogP contribution is 2.58. The van der Waals surface area contributed by atoms with E-state index < -0.39 is 24.2 Å². The second kappa shape index (κ2) is 7.44. The Morgan fingerprint density at radius 3 is 2.32 bits per heavy atom. The predicted molar refractivity (Wildman–Crippen MR) is 119 cm³/mol. The lowest BCUT2D eigenvalue weighted by molar-refractivity contribution is -0.274. The largest absolute Gasteiger partial charge is 0.573 e. The molecule has 6 rings (SSSR count). The molecule has 0 amide bonds. The molecule has 2 atom stereocenters. The Kier molecular flexibility index (Phi) is 4.89. The van der Waals surface area contributed by atoms with Gasteiger partial charge in [-0.15, -0.1) is 13.2 Å². The van der Waals surface area contributed by atoms with Gasteiger partial charge in [0.1, 0.15) is 17.5 Å².